The Hall–Kier alpha value is -3.19. The number of thiazole rings is 1. The van der Waals surface area contributed by atoms with Gasteiger partial charge < -0.3 is 15.8 Å². The van der Waals surface area contributed by atoms with Crippen LogP contribution < -0.4 is 15.8 Å². The van der Waals surface area contributed by atoms with Gasteiger partial charge in [0.15, 0.2) is 10.9 Å². The molecular formula is C20H19N5OS. The van der Waals surface area contributed by atoms with E-state index >= 15 is 0 Å². The largest absolute Gasteiger partial charge is 0.437 e. The van der Waals surface area contributed by atoms with Gasteiger partial charge in [-0.15, -0.1) is 0 Å². The van der Waals surface area contributed by atoms with Gasteiger partial charge in [0.25, 0.3) is 0 Å². The third-order valence-corrected chi connectivity index (χ3v) is 5.32. The lowest BCUT2D eigenvalue weighted by Gasteiger charge is -2.11. The van der Waals surface area contributed by atoms with Gasteiger partial charge in [-0.05, 0) is 55.7 Å². The molecule has 0 aliphatic heterocycles. The third-order valence-electron chi connectivity index (χ3n) is 4.39. The van der Waals surface area contributed by atoms with E-state index in [0.29, 0.717) is 23.1 Å². The van der Waals surface area contributed by atoms with Gasteiger partial charge in [0.05, 0.1) is 10.2 Å². The molecule has 0 unspecified atom stereocenters. The Morgan fingerprint density at radius 1 is 1.00 bits per heavy atom. The molecule has 0 radical (unpaired) electrons. The van der Waals surface area contributed by atoms with Gasteiger partial charge in [-0.3, -0.25) is 0 Å². The maximum atomic E-state index is 6.24. The molecule has 2 aromatic heterocycles. The van der Waals surface area contributed by atoms with E-state index in [0.717, 1.165) is 26.5 Å². The second-order valence-electron chi connectivity index (χ2n) is 6.35. The van der Waals surface area contributed by atoms with Crippen molar-refractivity contribution in [2.45, 2.75) is 20.8 Å². The fraction of sp³-hybridized carbons (Fsp3) is 0.150. The first kappa shape index (κ1) is 17.2. The predicted molar refractivity (Wildman–Crippen MR) is 110 cm³/mol. The molecule has 0 fully saturated rings. The minimum atomic E-state index is 0.313. The number of nitrogens with zero attached hydrogens (tertiary/aromatic N) is 3. The maximum Gasteiger partial charge on any atom is 0.248 e. The zero-order chi connectivity index (χ0) is 19.0. The van der Waals surface area contributed by atoms with Crippen molar-refractivity contribution >= 4 is 38.2 Å². The van der Waals surface area contributed by atoms with Crippen molar-refractivity contribution in [2.24, 2.45) is 0 Å². The minimum Gasteiger partial charge on any atom is -0.437 e. The average Bonchev–Trinajstić information content (AvgIpc) is 3.06. The summed E-state index contributed by atoms with van der Waals surface area (Å²) in [7, 11) is 0. The van der Waals surface area contributed by atoms with E-state index in [4.69, 9.17) is 10.5 Å². The second-order valence-corrected chi connectivity index (χ2v) is 7.39. The number of fused-ring (bicyclic) bond motifs is 1. The first-order valence-electron chi connectivity index (χ1n) is 8.50. The molecule has 27 heavy (non-hydrogen) atoms. The van der Waals surface area contributed by atoms with E-state index in [1.54, 1.807) is 11.3 Å². The molecule has 0 saturated carbocycles. The molecule has 2 aromatic carbocycles. The zero-order valence-corrected chi connectivity index (χ0v) is 16.1. The van der Waals surface area contributed by atoms with Crippen LogP contribution in [-0.2, 0) is 0 Å². The Kier molecular flexibility index (Phi) is 4.37. The molecule has 0 saturated heterocycles. The molecule has 6 nitrogen and oxygen atoms in total. The summed E-state index contributed by atoms with van der Waals surface area (Å²) < 4.78 is 6.98. The van der Waals surface area contributed by atoms with Crippen LogP contribution in [-0.4, -0.2) is 15.0 Å². The van der Waals surface area contributed by atoms with Crippen LogP contribution in [0.2, 0.25) is 0 Å². The van der Waals surface area contributed by atoms with Crippen molar-refractivity contribution in [2.75, 3.05) is 11.1 Å². The minimum absolute atomic E-state index is 0.313. The molecule has 0 aliphatic carbocycles. The Labute approximate surface area is 161 Å². The van der Waals surface area contributed by atoms with E-state index < -0.39 is 0 Å². The summed E-state index contributed by atoms with van der Waals surface area (Å²) in [6.45, 7) is 6.13. The molecule has 4 aromatic rings. The van der Waals surface area contributed by atoms with Crippen molar-refractivity contribution in [1.29, 1.82) is 0 Å². The predicted octanol–water partition coefficient (Wildman–Crippen LogP) is 5.13. The second kappa shape index (κ2) is 6.85. The van der Waals surface area contributed by atoms with E-state index in [1.165, 1.54) is 11.9 Å². The van der Waals surface area contributed by atoms with Gasteiger partial charge in [-0.1, -0.05) is 29.5 Å². The van der Waals surface area contributed by atoms with Crippen LogP contribution in [0.5, 0.6) is 11.6 Å². The molecule has 0 amide bonds. The molecule has 0 spiro atoms. The number of aromatic nitrogens is 3. The Balaban J connectivity index is 1.62. The van der Waals surface area contributed by atoms with Gasteiger partial charge in [0, 0.05) is 0 Å². The molecule has 3 N–H and O–H groups in total. The van der Waals surface area contributed by atoms with Gasteiger partial charge in [-0.25, -0.2) is 9.97 Å². The standard InChI is InChI=1S/C20H19N5OS/c1-11-7-8-14(9-13(11)3)26-19-16(21)18(22-10-23-19)25-20-24-17-12(2)5-4-6-15(17)27-20/h4-10H,21H2,1-3H3,(H,22,23,24,25). The van der Waals surface area contributed by atoms with E-state index in [-0.39, 0.29) is 0 Å². The van der Waals surface area contributed by atoms with Crippen molar-refractivity contribution < 1.29 is 4.74 Å². The Morgan fingerprint density at radius 2 is 1.85 bits per heavy atom. The number of nitrogens with one attached hydrogen (secondary N) is 1. The highest BCUT2D eigenvalue weighted by Gasteiger charge is 2.13. The maximum absolute atomic E-state index is 6.24. The zero-order valence-electron chi connectivity index (χ0n) is 15.3. The van der Waals surface area contributed by atoms with Gasteiger partial charge in [-0.2, -0.15) is 4.98 Å². The Bertz CT molecular complexity index is 1140. The average molecular weight is 377 g/mol. The molecule has 2 heterocycles. The highest BCUT2D eigenvalue weighted by Crippen LogP contribution is 2.34. The summed E-state index contributed by atoms with van der Waals surface area (Å²) in [5, 5.41) is 3.91. The van der Waals surface area contributed by atoms with Crippen molar-refractivity contribution in [3.63, 3.8) is 0 Å². The molecule has 7 heteroatoms. The van der Waals surface area contributed by atoms with Crippen LogP contribution in [0.15, 0.2) is 42.7 Å². The van der Waals surface area contributed by atoms with Crippen molar-refractivity contribution in [3.8, 4) is 11.6 Å². The van der Waals surface area contributed by atoms with Crippen LogP contribution in [0.3, 0.4) is 0 Å². The molecule has 0 aliphatic rings. The fourth-order valence-electron chi connectivity index (χ4n) is 2.69. The highest BCUT2D eigenvalue weighted by atomic mass is 32.1. The summed E-state index contributed by atoms with van der Waals surface area (Å²) >= 11 is 1.55. The van der Waals surface area contributed by atoms with Gasteiger partial charge >= 0.3 is 0 Å². The van der Waals surface area contributed by atoms with Crippen LogP contribution in [0.4, 0.5) is 16.6 Å². The molecule has 136 valence electrons. The van der Waals surface area contributed by atoms with E-state index in [9.17, 15) is 0 Å². The van der Waals surface area contributed by atoms with Crippen LogP contribution in [0.25, 0.3) is 10.2 Å². The highest BCUT2D eigenvalue weighted by molar-refractivity contribution is 7.22. The van der Waals surface area contributed by atoms with Gasteiger partial charge in [0.1, 0.15) is 17.8 Å². The number of aryl methyl sites for hydroxylation is 3. The molecule has 4 rings (SSSR count). The number of ether oxygens (including phenoxy) is 1. The lowest BCUT2D eigenvalue weighted by atomic mass is 10.1. The normalized spacial score (nSPS) is 10.9. The molecule has 0 atom stereocenters. The number of hydrogen-bond donors (Lipinski definition) is 2. The van der Waals surface area contributed by atoms with E-state index in [2.05, 4.69) is 27.2 Å². The third kappa shape index (κ3) is 3.41. The molecular weight excluding hydrogens is 358 g/mol. The topological polar surface area (TPSA) is 86.0 Å². The number of para-hydroxylation sites is 1. The van der Waals surface area contributed by atoms with Crippen LogP contribution >= 0.6 is 11.3 Å². The summed E-state index contributed by atoms with van der Waals surface area (Å²) in [5.74, 6) is 1.47. The number of rotatable bonds is 4. The van der Waals surface area contributed by atoms with E-state index in [1.807, 2.05) is 50.2 Å². The number of hydrogen-bond acceptors (Lipinski definition) is 7. The SMILES string of the molecule is Cc1ccc(Oc2ncnc(Nc3nc4c(C)cccc4s3)c2N)cc1C. The summed E-state index contributed by atoms with van der Waals surface area (Å²) in [5.41, 5.74) is 11.0. The first-order chi connectivity index (χ1) is 13.0. The monoisotopic (exact) mass is 377 g/mol. The van der Waals surface area contributed by atoms with Crippen LogP contribution in [0, 0.1) is 20.8 Å². The first-order valence-corrected chi connectivity index (χ1v) is 9.31. The van der Waals surface area contributed by atoms with Crippen LogP contribution in [0.1, 0.15) is 16.7 Å². The molecule has 0 bridgehead atoms. The number of nitrogen functional groups attached to an aromatic ring is 1. The number of nitrogens with two attached hydrogens (primary N) is 1. The van der Waals surface area contributed by atoms with Gasteiger partial charge in [0.2, 0.25) is 5.88 Å². The van der Waals surface area contributed by atoms with Crippen molar-refractivity contribution in [1.82, 2.24) is 15.0 Å². The summed E-state index contributed by atoms with van der Waals surface area (Å²) in [6, 6.07) is 12.0. The lowest BCUT2D eigenvalue weighted by molar-refractivity contribution is 0.464. The fourth-order valence-corrected chi connectivity index (χ4v) is 3.63. The number of benzene rings is 2. The number of anilines is 3. The lowest BCUT2D eigenvalue weighted by Crippen LogP contribution is -2.03. The Morgan fingerprint density at radius 3 is 2.63 bits per heavy atom. The smallest absolute Gasteiger partial charge is 0.248 e. The van der Waals surface area contributed by atoms with Crippen molar-refractivity contribution in [3.05, 3.63) is 59.4 Å². The summed E-state index contributed by atoms with van der Waals surface area (Å²) in [6.07, 6.45) is 1.42. The quantitative estimate of drug-likeness (QED) is 0.513. The summed E-state index contributed by atoms with van der Waals surface area (Å²) in [4.78, 5) is 13.0.